The molecule has 0 unspecified atom stereocenters. The Morgan fingerprint density at radius 2 is 2.25 bits per heavy atom. The zero-order valence-electron chi connectivity index (χ0n) is 10.2. The lowest BCUT2D eigenvalue weighted by molar-refractivity contribution is 0.627. The minimum absolute atomic E-state index is 0.303. The van der Waals surface area contributed by atoms with E-state index in [0.717, 1.165) is 4.88 Å². The number of benzene rings is 1. The molecule has 3 rings (SSSR count). The minimum Gasteiger partial charge on any atom is -0.250 e. The van der Waals surface area contributed by atoms with E-state index >= 15 is 0 Å². The lowest BCUT2D eigenvalue weighted by atomic mass is 10.2. The molecular formula is C13H9FN4S2. The molecule has 7 heteroatoms. The van der Waals surface area contributed by atoms with Gasteiger partial charge in [-0.3, -0.25) is 0 Å². The number of halogens is 1. The second-order valence-corrected chi connectivity index (χ2v) is 5.28. The first-order chi connectivity index (χ1) is 9.74. The molecular weight excluding hydrogens is 295 g/mol. The number of nitrogens with zero attached hydrogens (tertiary/aromatic N) is 3. The Bertz CT molecular complexity index is 802. The molecule has 0 atom stereocenters. The van der Waals surface area contributed by atoms with Crippen molar-refractivity contribution >= 4 is 29.8 Å². The molecule has 2 aromatic heterocycles. The van der Waals surface area contributed by atoms with Crippen molar-refractivity contribution in [2.24, 2.45) is 5.10 Å². The first-order valence-corrected chi connectivity index (χ1v) is 7.04. The summed E-state index contributed by atoms with van der Waals surface area (Å²) in [6.07, 6.45) is 1.55. The molecule has 20 heavy (non-hydrogen) atoms. The van der Waals surface area contributed by atoms with Crippen molar-refractivity contribution in [1.29, 1.82) is 0 Å². The summed E-state index contributed by atoms with van der Waals surface area (Å²) in [5.41, 5.74) is 0.658. The van der Waals surface area contributed by atoms with Gasteiger partial charge in [0.2, 0.25) is 4.77 Å². The van der Waals surface area contributed by atoms with Crippen LogP contribution in [0.5, 0.6) is 0 Å². The topological polar surface area (TPSA) is 46.0 Å². The summed E-state index contributed by atoms with van der Waals surface area (Å²) in [5, 5.41) is 13.1. The smallest absolute Gasteiger partial charge is 0.216 e. The van der Waals surface area contributed by atoms with E-state index < -0.39 is 0 Å². The Labute approximate surface area is 123 Å². The normalized spacial score (nSPS) is 11.2. The summed E-state index contributed by atoms with van der Waals surface area (Å²) in [4.78, 5) is 0.953. The number of hydrogen-bond acceptors (Lipinski definition) is 4. The van der Waals surface area contributed by atoms with Gasteiger partial charge in [-0.2, -0.15) is 14.9 Å². The highest BCUT2D eigenvalue weighted by molar-refractivity contribution is 7.71. The van der Waals surface area contributed by atoms with Gasteiger partial charge in [0, 0.05) is 0 Å². The quantitative estimate of drug-likeness (QED) is 0.592. The molecule has 3 aromatic rings. The Kier molecular flexibility index (Phi) is 3.53. The van der Waals surface area contributed by atoms with Crippen LogP contribution in [-0.4, -0.2) is 21.1 Å². The Balaban J connectivity index is 1.99. The van der Waals surface area contributed by atoms with E-state index in [2.05, 4.69) is 15.3 Å². The van der Waals surface area contributed by atoms with Crippen LogP contribution in [0.1, 0.15) is 5.56 Å². The molecule has 1 N–H and O–H groups in total. The molecule has 1 aromatic carbocycles. The number of aromatic amines is 1. The van der Waals surface area contributed by atoms with Crippen LogP contribution in [0, 0.1) is 10.6 Å². The molecule has 0 saturated heterocycles. The highest BCUT2D eigenvalue weighted by atomic mass is 32.1. The van der Waals surface area contributed by atoms with Crippen LogP contribution in [0.15, 0.2) is 46.9 Å². The fourth-order valence-corrected chi connectivity index (χ4v) is 2.55. The summed E-state index contributed by atoms with van der Waals surface area (Å²) in [6, 6.07) is 10.0. The predicted octanol–water partition coefficient (Wildman–Crippen LogP) is 3.69. The maximum absolute atomic E-state index is 13.1. The fraction of sp³-hybridized carbons (Fsp3) is 0. The first kappa shape index (κ1) is 12.9. The van der Waals surface area contributed by atoms with Crippen molar-refractivity contribution in [3.63, 3.8) is 0 Å². The molecule has 0 bridgehead atoms. The SMILES string of the molecule is Fc1cccc(/C=N/n2c(-c3cccs3)n[nH]c2=S)c1. The maximum atomic E-state index is 13.1. The molecule has 0 spiro atoms. The van der Waals surface area contributed by atoms with Gasteiger partial charge < -0.3 is 0 Å². The van der Waals surface area contributed by atoms with Crippen LogP contribution >= 0.6 is 23.6 Å². The number of hydrogen-bond donors (Lipinski definition) is 1. The number of rotatable bonds is 3. The van der Waals surface area contributed by atoms with Crippen LogP contribution in [0.25, 0.3) is 10.7 Å². The van der Waals surface area contributed by atoms with Gasteiger partial charge in [0.1, 0.15) is 5.82 Å². The van der Waals surface area contributed by atoms with Crippen molar-refractivity contribution in [3.8, 4) is 10.7 Å². The van der Waals surface area contributed by atoms with E-state index in [1.807, 2.05) is 17.5 Å². The van der Waals surface area contributed by atoms with E-state index in [4.69, 9.17) is 12.2 Å². The maximum Gasteiger partial charge on any atom is 0.216 e. The van der Waals surface area contributed by atoms with Gasteiger partial charge in [0.05, 0.1) is 11.1 Å². The third-order valence-corrected chi connectivity index (χ3v) is 3.69. The molecule has 0 aliphatic heterocycles. The van der Waals surface area contributed by atoms with E-state index in [1.165, 1.54) is 16.8 Å². The number of nitrogens with one attached hydrogen (secondary N) is 1. The molecule has 0 radical (unpaired) electrons. The summed E-state index contributed by atoms with van der Waals surface area (Å²) < 4.78 is 15.0. The zero-order valence-corrected chi connectivity index (χ0v) is 11.8. The van der Waals surface area contributed by atoms with Gasteiger partial charge in [-0.25, -0.2) is 9.49 Å². The third kappa shape index (κ3) is 2.59. The van der Waals surface area contributed by atoms with Crippen molar-refractivity contribution in [1.82, 2.24) is 14.9 Å². The summed E-state index contributed by atoms with van der Waals surface area (Å²) >= 11 is 6.69. The Morgan fingerprint density at radius 3 is 3.00 bits per heavy atom. The largest absolute Gasteiger partial charge is 0.250 e. The van der Waals surface area contributed by atoms with Gasteiger partial charge in [0.25, 0.3) is 0 Å². The van der Waals surface area contributed by atoms with Gasteiger partial charge in [-0.15, -0.1) is 11.3 Å². The number of aromatic nitrogens is 3. The average molecular weight is 304 g/mol. The van der Waals surface area contributed by atoms with E-state index in [9.17, 15) is 4.39 Å². The summed E-state index contributed by atoms with van der Waals surface area (Å²) in [7, 11) is 0. The van der Waals surface area contributed by atoms with E-state index in [1.54, 1.807) is 29.7 Å². The van der Waals surface area contributed by atoms with Gasteiger partial charge in [-0.05, 0) is 41.4 Å². The molecule has 0 aliphatic carbocycles. The van der Waals surface area contributed by atoms with Crippen LogP contribution in [0.2, 0.25) is 0 Å². The lowest BCUT2D eigenvalue weighted by Gasteiger charge is -1.98. The van der Waals surface area contributed by atoms with Crippen molar-refractivity contribution < 1.29 is 4.39 Å². The molecule has 0 aliphatic rings. The number of H-pyrrole nitrogens is 1. The highest BCUT2D eigenvalue weighted by Gasteiger charge is 2.08. The highest BCUT2D eigenvalue weighted by Crippen LogP contribution is 2.22. The fourth-order valence-electron chi connectivity index (χ4n) is 1.68. The molecule has 4 nitrogen and oxygen atoms in total. The standard InChI is InChI=1S/C13H9FN4S2/c14-10-4-1-3-9(7-10)8-15-18-12(16-17-13(18)19)11-5-2-6-20-11/h1-8H,(H,17,19)/b15-8+. The molecule has 0 amide bonds. The van der Waals surface area contributed by atoms with Crippen molar-refractivity contribution in [2.45, 2.75) is 0 Å². The predicted molar refractivity (Wildman–Crippen MR) is 80.1 cm³/mol. The lowest BCUT2D eigenvalue weighted by Crippen LogP contribution is -1.94. The van der Waals surface area contributed by atoms with Crippen LogP contribution in [0.4, 0.5) is 4.39 Å². The van der Waals surface area contributed by atoms with Gasteiger partial charge in [-0.1, -0.05) is 18.2 Å². The van der Waals surface area contributed by atoms with Gasteiger partial charge >= 0.3 is 0 Å². The minimum atomic E-state index is -0.303. The van der Waals surface area contributed by atoms with E-state index in [0.29, 0.717) is 16.2 Å². The third-order valence-electron chi connectivity index (χ3n) is 2.56. The average Bonchev–Trinajstić information content (AvgIpc) is 3.06. The second-order valence-electron chi connectivity index (χ2n) is 3.94. The van der Waals surface area contributed by atoms with E-state index in [-0.39, 0.29) is 5.82 Å². The zero-order chi connectivity index (χ0) is 13.9. The van der Waals surface area contributed by atoms with Gasteiger partial charge in [0.15, 0.2) is 5.82 Å². The van der Waals surface area contributed by atoms with Crippen molar-refractivity contribution in [3.05, 3.63) is 57.9 Å². The monoisotopic (exact) mass is 304 g/mol. The second kappa shape index (κ2) is 5.48. The van der Waals surface area contributed by atoms with Crippen LogP contribution < -0.4 is 0 Å². The molecule has 100 valence electrons. The summed E-state index contributed by atoms with van der Waals surface area (Å²) in [6.45, 7) is 0. The van der Waals surface area contributed by atoms with Crippen LogP contribution in [-0.2, 0) is 0 Å². The first-order valence-electron chi connectivity index (χ1n) is 5.75. The molecule has 0 fully saturated rings. The van der Waals surface area contributed by atoms with Crippen LogP contribution in [0.3, 0.4) is 0 Å². The van der Waals surface area contributed by atoms with Crippen molar-refractivity contribution in [2.75, 3.05) is 0 Å². The molecule has 0 saturated carbocycles. The number of thiophene rings is 1. The Morgan fingerprint density at radius 1 is 1.35 bits per heavy atom. The summed E-state index contributed by atoms with van der Waals surface area (Å²) in [5.74, 6) is 0.334. The Hall–Kier alpha value is -2.12. The molecule has 2 heterocycles.